The summed E-state index contributed by atoms with van der Waals surface area (Å²) in [6.45, 7) is 7.65. The minimum Gasteiger partial charge on any atom is -0.444 e. The number of amides is 1. The number of nitrogens with zero attached hydrogens (tertiary/aromatic N) is 1. The lowest BCUT2D eigenvalue weighted by Gasteiger charge is -2.34. The quantitative estimate of drug-likeness (QED) is 0.876. The number of rotatable bonds is 3. The molecule has 1 aliphatic rings. The molecule has 0 aliphatic carbocycles. The number of ether oxygens (including phenoxy) is 1. The molecule has 128 valence electrons. The third-order valence-corrected chi connectivity index (χ3v) is 3.99. The average molecular weight is 343 g/mol. The molecule has 4 nitrogen and oxygen atoms in total. The maximum absolute atomic E-state index is 13.4. The van der Waals surface area contributed by atoms with Crippen LogP contribution in [-0.4, -0.2) is 36.2 Å². The summed E-state index contributed by atoms with van der Waals surface area (Å²) >= 11 is 5.68. The standard InChI is InChI=1S/C17H24ClFN2O2/c1-17(2,3)23-16(22)21-8-4-5-12(11-21)10-20-13-6-7-14(18)15(19)9-13/h6-7,9,12,20H,4-5,8,10-11H2,1-3H3. The maximum Gasteiger partial charge on any atom is 0.410 e. The zero-order chi connectivity index (χ0) is 17.0. The summed E-state index contributed by atoms with van der Waals surface area (Å²) in [6.07, 6.45) is 1.71. The molecule has 1 aromatic carbocycles. The summed E-state index contributed by atoms with van der Waals surface area (Å²) in [5, 5.41) is 3.33. The van der Waals surface area contributed by atoms with Gasteiger partial charge < -0.3 is 15.0 Å². The van der Waals surface area contributed by atoms with Crippen molar-refractivity contribution in [3.8, 4) is 0 Å². The highest BCUT2D eigenvalue weighted by Gasteiger charge is 2.27. The van der Waals surface area contributed by atoms with Crippen LogP contribution in [0.2, 0.25) is 5.02 Å². The van der Waals surface area contributed by atoms with Crippen molar-refractivity contribution >= 4 is 23.4 Å². The van der Waals surface area contributed by atoms with Crippen LogP contribution in [0.15, 0.2) is 18.2 Å². The van der Waals surface area contributed by atoms with Crippen LogP contribution < -0.4 is 5.32 Å². The van der Waals surface area contributed by atoms with Crippen LogP contribution in [-0.2, 0) is 4.74 Å². The Balaban J connectivity index is 1.86. The zero-order valence-electron chi connectivity index (χ0n) is 13.9. The molecule has 6 heteroatoms. The number of carbonyl (C=O) groups excluding carboxylic acids is 1. The number of likely N-dealkylation sites (tertiary alicyclic amines) is 1. The van der Waals surface area contributed by atoms with E-state index in [1.54, 1.807) is 11.0 Å². The van der Waals surface area contributed by atoms with E-state index in [9.17, 15) is 9.18 Å². The van der Waals surface area contributed by atoms with Gasteiger partial charge in [0.15, 0.2) is 0 Å². The molecule has 1 aliphatic heterocycles. The van der Waals surface area contributed by atoms with Crippen LogP contribution in [0.25, 0.3) is 0 Å². The number of hydrogen-bond acceptors (Lipinski definition) is 3. The lowest BCUT2D eigenvalue weighted by Crippen LogP contribution is -2.44. The van der Waals surface area contributed by atoms with E-state index in [2.05, 4.69) is 5.32 Å². The van der Waals surface area contributed by atoms with Gasteiger partial charge in [0.1, 0.15) is 11.4 Å². The van der Waals surface area contributed by atoms with E-state index in [1.165, 1.54) is 12.1 Å². The average Bonchev–Trinajstić information content (AvgIpc) is 2.47. The molecule has 0 bridgehead atoms. The van der Waals surface area contributed by atoms with Crippen molar-refractivity contribution in [2.45, 2.75) is 39.2 Å². The van der Waals surface area contributed by atoms with E-state index in [0.717, 1.165) is 19.4 Å². The molecule has 1 unspecified atom stereocenters. The smallest absolute Gasteiger partial charge is 0.410 e. The third kappa shape index (κ3) is 5.57. The summed E-state index contributed by atoms with van der Waals surface area (Å²) in [7, 11) is 0. The summed E-state index contributed by atoms with van der Waals surface area (Å²) < 4.78 is 18.8. The van der Waals surface area contributed by atoms with E-state index >= 15 is 0 Å². The molecule has 0 aromatic heterocycles. The first-order chi connectivity index (χ1) is 10.7. The molecule has 0 saturated carbocycles. The lowest BCUT2D eigenvalue weighted by molar-refractivity contribution is 0.0172. The SMILES string of the molecule is CC(C)(C)OC(=O)N1CCCC(CNc2ccc(Cl)c(F)c2)C1. The van der Waals surface area contributed by atoms with Crippen molar-refractivity contribution in [3.63, 3.8) is 0 Å². The molecule has 1 aromatic rings. The predicted molar refractivity (Wildman–Crippen MR) is 90.4 cm³/mol. The van der Waals surface area contributed by atoms with Gasteiger partial charge in [-0.1, -0.05) is 11.6 Å². The highest BCUT2D eigenvalue weighted by atomic mass is 35.5. The van der Waals surface area contributed by atoms with Crippen molar-refractivity contribution in [1.82, 2.24) is 4.90 Å². The highest BCUT2D eigenvalue weighted by Crippen LogP contribution is 2.22. The van der Waals surface area contributed by atoms with Gasteiger partial charge in [0.2, 0.25) is 0 Å². The molecule has 1 heterocycles. The second kappa shape index (κ2) is 7.39. The molecular weight excluding hydrogens is 319 g/mol. The molecule has 2 rings (SSSR count). The number of nitrogens with one attached hydrogen (secondary N) is 1. The van der Waals surface area contributed by atoms with Gasteiger partial charge in [-0.15, -0.1) is 0 Å². The van der Waals surface area contributed by atoms with Gasteiger partial charge in [-0.05, 0) is 57.7 Å². The zero-order valence-corrected chi connectivity index (χ0v) is 14.6. The minimum atomic E-state index is -0.483. The molecule has 1 N–H and O–H groups in total. The van der Waals surface area contributed by atoms with Gasteiger partial charge >= 0.3 is 6.09 Å². The van der Waals surface area contributed by atoms with Crippen LogP contribution in [0.1, 0.15) is 33.6 Å². The number of piperidine rings is 1. The van der Waals surface area contributed by atoms with E-state index < -0.39 is 11.4 Å². The van der Waals surface area contributed by atoms with Crippen molar-refractivity contribution in [2.24, 2.45) is 5.92 Å². The monoisotopic (exact) mass is 342 g/mol. The van der Waals surface area contributed by atoms with Crippen molar-refractivity contribution in [1.29, 1.82) is 0 Å². The van der Waals surface area contributed by atoms with Gasteiger partial charge in [-0.3, -0.25) is 0 Å². The molecule has 1 fully saturated rings. The van der Waals surface area contributed by atoms with E-state index in [4.69, 9.17) is 16.3 Å². The van der Waals surface area contributed by atoms with E-state index in [0.29, 0.717) is 24.7 Å². The lowest BCUT2D eigenvalue weighted by atomic mass is 9.98. The predicted octanol–water partition coefficient (Wildman–Crippen LogP) is 4.54. The Kier molecular flexibility index (Phi) is 5.74. The topological polar surface area (TPSA) is 41.6 Å². The Hall–Kier alpha value is -1.49. The van der Waals surface area contributed by atoms with Crippen LogP contribution >= 0.6 is 11.6 Å². The second-order valence-electron chi connectivity index (χ2n) is 6.94. The van der Waals surface area contributed by atoms with Gasteiger partial charge in [0.05, 0.1) is 5.02 Å². The largest absolute Gasteiger partial charge is 0.444 e. The highest BCUT2D eigenvalue weighted by molar-refractivity contribution is 6.30. The Morgan fingerprint density at radius 2 is 2.22 bits per heavy atom. The summed E-state index contributed by atoms with van der Waals surface area (Å²) in [5.41, 5.74) is 0.213. The minimum absolute atomic E-state index is 0.115. The second-order valence-corrected chi connectivity index (χ2v) is 7.35. The van der Waals surface area contributed by atoms with Crippen LogP contribution in [0.4, 0.5) is 14.9 Å². The Bertz CT molecular complexity index is 560. The molecule has 1 atom stereocenters. The molecule has 0 spiro atoms. The molecule has 1 saturated heterocycles. The van der Waals surface area contributed by atoms with Gasteiger partial charge in [-0.25, -0.2) is 9.18 Å². The molecular formula is C17H24ClFN2O2. The van der Waals surface area contributed by atoms with Crippen molar-refractivity contribution in [2.75, 3.05) is 25.0 Å². The first-order valence-corrected chi connectivity index (χ1v) is 8.29. The molecule has 0 radical (unpaired) electrons. The summed E-state index contributed by atoms with van der Waals surface area (Å²) in [4.78, 5) is 13.9. The number of carbonyl (C=O) groups is 1. The van der Waals surface area contributed by atoms with Gasteiger partial charge in [-0.2, -0.15) is 0 Å². The molecule has 23 heavy (non-hydrogen) atoms. The van der Waals surface area contributed by atoms with Crippen LogP contribution in [0.5, 0.6) is 0 Å². The van der Waals surface area contributed by atoms with E-state index in [1.807, 2.05) is 20.8 Å². The van der Waals surface area contributed by atoms with E-state index in [-0.39, 0.29) is 11.1 Å². The Morgan fingerprint density at radius 1 is 1.48 bits per heavy atom. The third-order valence-electron chi connectivity index (χ3n) is 3.69. The normalized spacial score (nSPS) is 18.7. The number of benzene rings is 1. The van der Waals surface area contributed by atoms with Crippen molar-refractivity contribution in [3.05, 3.63) is 29.0 Å². The molecule has 1 amide bonds. The fraction of sp³-hybridized carbons (Fsp3) is 0.588. The van der Waals surface area contributed by atoms with Crippen molar-refractivity contribution < 1.29 is 13.9 Å². The Labute approximate surface area is 141 Å². The summed E-state index contributed by atoms with van der Waals surface area (Å²) in [6, 6.07) is 4.67. The van der Waals surface area contributed by atoms with Gasteiger partial charge in [0.25, 0.3) is 0 Å². The first-order valence-electron chi connectivity index (χ1n) is 7.91. The summed E-state index contributed by atoms with van der Waals surface area (Å²) in [5.74, 6) is -0.120. The number of halogens is 2. The van der Waals surface area contributed by atoms with Crippen LogP contribution in [0, 0.1) is 11.7 Å². The Morgan fingerprint density at radius 3 is 2.87 bits per heavy atom. The fourth-order valence-corrected chi connectivity index (χ4v) is 2.71. The fourth-order valence-electron chi connectivity index (χ4n) is 2.59. The van der Waals surface area contributed by atoms with Crippen LogP contribution in [0.3, 0.4) is 0 Å². The number of anilines is 1. The number of hydrogen-bond donors (Lipinski definition) is 1. The first kappa shape index (κ1) is 17.9. The van der Waals surface area contributed by atoms with Gasteiger partial charge in [0, 0.05) is 25.3 Å². The maximum atomic E-state index is 13.4.